The lowest BCUT2D eigenvalue weighted by Gasteiger charge is -2.28. The molecule has 0 saturated carbocycles. The van der Waals surface area contributed by atoms with E-state index in [1.807, 2.05) is 11.3 Å². The van der Waals surface area contributed by atoms with Gasteiger partial charge in [0.2, 0.25) is 0 Å². The van der Waals surface area contributed by atoms with E-state index in [1.165, 1.54) is 75.1 Å². The Kier molecular flexibility index (Phi) is 7.41. The van der Waals surface area contributed by atoms with Gasteiger partial charge in [-0.3, -0.25) is 0 Å². The molecule has 0 bridgehead atoms. The molecular formula is C50H33NS. The van der Waals surface area contributed by atoms with Gasteiger partial charge in [-0.2, -0.15) is 0 Å². The van der Waals surface area contributed by atoms with Crippen molar-refractivity contribution in [1.29, 1.82) is 0 Å². The number of hydrogen-bond donors (Lipinski definition) is 0. The molecule has 10 aromatic rings. The number of rotatable bonds is 6. The molecule has 0 amide bonds. The SMILES string of the molecule is c1ccc(-c2ccc(N(c3ccc(-c4c5ccccc5cc5c4sc4ccccc45)cc3)c3ccc(-c4ccccc4)c4ccccc34)cc2)cc1. The van der Waals surface area contributed by atoms with Crippen LogP contribution in [-0.4, -0.2) is 0 Å². The summed E-state index contributed by atoms with van der Waals surface area (Å²) in [7, 11) is 0. The fourth-order valence-electron chi connectivity index (χ4n) is 7.79. The summed E-state index contributed by atoms with van der Waals surface area (Å²) in [6.45, 7) is 0. The standard InChI is InChI=1S/C50H33NS/c1-3-13-34(14-4-1)35-23-27-39(28-24-35)51(47-32-31-41(36-15-5-2-6-16-36)43-19-9-10-20-44(43)47)40-29-25-37(26-30-40)49-42-18-8-7-17-38(42)33-46-45-21-11-12-22-48(45)52-50(46)49/h1-33H. The van der Waals surface area contributed by atoms with Crippen LogP contribution < -0.4 is 4.90 Å². The maximum atomic E-state index is 2.41. The molecule has 0 atom stereocenters. The van der Waals surface area contributed by atoms with Crippen molar-refractivity contribution in [1.82, 2.24) is 0 Å². The van der Waals surface area contributed by atoms with Crippen LogP contribution in [0.5, 0.6) is 0 Å². The first-order valence-corrected chi connectivity index (χ1v) is 18.6. The molecular weight excluding hydrogens is 647 g/mol. The van der Waals surface area contributed by atoms with Gasteiger partial charge in [0, 0.05) is 42.5 Å². The molecule has 52 heavy (non-hydrogen) atoms. The summed E-state index contributed by atoms with van der Waals surface area (Å²) in [6.07, 6.45) is 0. The topological polar surface area (TPSA) is 3.24 Å². The molecule has 2 heteroatoms. The summed E-state index contributed by atoms with van der Waals surface area (Å²) in [5.41, 5.74) is 10.8. The molecule has 0 spiro atoms. The van der Waals surface area contributed by atoms with E-state index in [0.29, 0.717) is 0 Å². The zero-order valence-corrected chi connectivity index (χ0v) is 29.2. The molecule has 244 valence electrons. The Bertz CT molecular complexity index is 2870. The van der Waals surface area contributed by atoms with Gasteiger partial charge in [-0.15, -0.1) is 11.3 Å². The molecule has 0 radical (unpaired) electrons. The Morgan fingerprint density at radius 1 is 0.346 bits per heavy atom. The highest BCUT2D eigenvalue weighted by Crippen LogP contribution is 2.46. The summed E-state index contributed by atoms with van der Waals surface area (Å²) in [6, 6.07) is 72.8. The van der Waals surface area contributed by atoms with Crippen molar-refractivity contribution >= 4 is 70.1 Å². The zero-order chi connectivity index (χ0) is 34.4. The van der Waals surface area contributed by atoms with Crippen LogP contribution in [0.25, 0.3) is 75.1 Å². The Labute approximate surface area is 307 Å². The third kappa shape index (κ3) is 5.16. The Morgan fingerprint density at radius 2 is 0.885 bits per heavy atom. The second-order valence-corrected chi connectivity index (χ2v) is 14.3. The predicted octanol–water partition coefficient (Wildman–Crippen LogP) is 14.8. The highest BCUT2D eigenvalue weighted by atomic mass is 32.1. The molecule has 0 aliphatic carbocycles. The maximum absolute atomic E-state index is 2.41. The molecule has 0 aliphatic heterocycles. The van der Waals surface area contributed by atoms with E-state index in [2.05, 4.69) is 205 Å². The van der Waals surface area contributed by atoms with Crippen molar-refractivity contribution in [2.75, 3.05) is 4.90 Å². The van der Waals surface area contributed by atoms with Crippen LogP contribution in [-0.2, 0) is 0 Å². The van der Waals surface area contributed by atoms with Crippen LogP contribution in [0.1, 0.15) is 0 Å². The molecule has 10 rings (SSSR count). The van der Waals surface area contributed by atoms with Gasteiger partial charge in [0.1, 0.15) is 0 Å². The van der Waals surface area contributed by atoms with Crippen LogP contribution in [0.4, 0.5) is 17.1 Å². The average Bonchev–Trinajstić information content (AvgIpc) is 3.59. The number of benzene rings is 9. The van der Waals surface area contributed by atoms with Crippen LogP contribution in [0.2, 0.25) is 0 Å². The molecule has 1 nitrogen and oxygen atoms in total. The minimum Gasteiger partial charge on any atom is -0.310 e. The molecule has 0 aliphatic rings. The van der Waals surface area contributed by atoms with Gasteiger partial charge in [-0.05, 0) is 86.4 Å². The third-order valence-corrected chi connectivity index (χ3v) is 11.5. The molecule has 9 aromatic carbocycles. The molecule has 0 unspecified atom stereocenters. The Balaban J connectivity index is 1.16. The van der Waals surface area contributed by atoms with Crippen molar-refractivity contribution < 1.29 is 0 Å². The Hall–Kier alpha value is -6.48. The minimum absolute atomic E-state index is 1.11. The fraction of sp³-hybridized carbons (Fsp3) is 0. The van der Waals surface area contributed by atoms with Crippen molar-refractivity contribution in [3.8, 4) is 33.4 Å². The molecule has 1 heterocycles. The fourth-order valence-corrected chi connectivity index (χ4v) is 9.06. The first kappa shape index (κ1) is 30.4. The van der Waals surface area contributed by atoms with Gasteiger partial charge in [0.25, 0.3) is 0 Å². The molecule has 1 aromatic heterocycles. The summed E-state index contributed by atoms with van der Waals surface area (Å²) < 4.78 is 2.66. The van der Waals surface area contributed by atoms with E-state index < -0.39 is 0 Å². The molecule has 0 saturated heterocycles. The number of nitrogens with zero attached hydrogens (tertiary/aromatic N) is 1. The normalized spacial score (nSPS) is 11.5. The van der Waals surface area contributed by atoms with E-state index in [9.17, 15) is 0 Å². The largest absolute Gasteiger partial charge is 0.310 e. The molecule has 0 N–H and O–H groups in total. The monoisotopic (exact) mass is 679 g/mol. The summed E-state index contributed by atoms with van der Waals surface area (Å²) >= 11 is 1.89. The van der Waals surface area contributed by atoms with Crippen molar-refractivity contribution in [2.45, 2.75) is 0 Å². The number of hydrogen-bond acceptors (Lipinski definition) is 2. The first-order valence-electron chi connectivity index (χ1n) is 17.8. The highest BCUT2D eigenvalue weighted by molar-refractivity contribution is 7.26. The van der Waals surface area contributed by atoms with Gasteiger partial charge < -0.3 is 4.90 Å². The lowest BCUT2D eigenvalue weighted by molar-refractivity contribution is 1.30. The Morgan fingerprint density at radius 3 is 1.60 bits per heavy atom. The van der Waals surface area contributed by atoms with Crippen LogP contribution in [0, 0.1) is 0 Å². The van der Waals surface area contributed by atoms with E-state index in [0.717, 1.165) is 17.1 Å². The summed E-state index contributed by atoms with van der Waals surface area (Å²) in [4.78, 5) is 2.41. The van der Waals surface area contributed by atoms with Crippen LogP contribution >= 0.6 is 11.3 Å². The van der Waals surface area contributed by atoms with E-state index in [4.69, 9.17) is 0 Å². The number of fused-ring (bicyclic) bond motifs is 5. The molecule has 0 fully saturated rings. The summed E-state index contributed by atoms with van der Waals surface area (Å²) in [5.74, 6) is 0. The lowest BCUT2D eigenvalue weighted by Crippen LogP contribution is -2.10. The second-order valence-electron chi connectivity index (χ2n) is 13.3. The van der Waals surface area contributed by atoms with E-state index >= 15 is 0 Å². The number of thiophene rings is 1. The average molecular weight is 680 g/mol. The van der Waals surface area contributed by atoms with Gasteiger partial charge >= 0.3 is 0 Å². The van der Waals surface area contributed by atoms with E-state index in [-0.39, 0.29) is 0 Å². The lowest BCUT2D eigenvalue weighted by atomic mass is 9.94. The van der Waals surface area contributed by atoms with Gasteiger partial charge in [-0.25, -0.2) is 0 Å². The maximum Gasteiger partial charge on any atom is 0.0540 e. The highest BCUT2D eigenvalue weighted by Gasteiger charge is 2.19. The summed E-state index contributed by atoms with van der Waals surface area (Å²) in [5, 5.41) is 7.64. The van der Waals surface area contributed by atoms with Crippen LogP contribution in [0.3, 0.4) is 0 Å². The van der Waals surface area contributed by atoms with E-state index in [1.54, 1.807) is 0 Å². The van der Waals surface area contributed by atoms with Gasteiger partial charge in [-0.1, -0.05) is 158 Å². The van der Waals surface area contributed by atoms with Gasteiger partial charge in [0.05, 0.1) is 5.69 Å². The minimum atomic E-state index is 1.11. The quantitative estimate of drug-likeness (QED) is 0.169. The van der Waals surface area contributed by atoms with Gasteiger partial charge in [0.15, 0.2) is 0 Å². The van der Waals surface area contributed by atoms with Crippen molar-refractivity contribution in [3.05, 3.63) is 200 Å². The number of anilines is 3. The third-order valence-electron chi connectivity index (χ3n) is 10.3. The zero-order valence-electron chi connectivity index (χ0n) is 28.4. The first-order chi connectivity index (χ1) is 25.8. The predicted molar refractivity (Wildman–Crippen MR) is 225 cm³/mol. The van der Waals surface area contributed by atoms with Crippen molar-refractivity contribution in [2.24, 2.45) is 0 Å². The smallest absolute Gasteiger partial charge is 0.0540 e. The van der Waals surface area contributed by atoms with Crippen LogP contribution in [0.15, 0.2) is 200 Å². The van der Waals surface area contributed by atoms with Crippen molar-refractivity contribution in [3.63, 3.8) is 0 Å². The second kappa shape index (κ2) is 12.7.